The molecule has 0 amide bonds. The molecule has 0 saturated carbocycles. The number of para-hydroxylation sites is 1. The van der Waals surface area contributed by atoms with Gasteiger partial charge in [-0.3, -0.25) is 9.59 Å². The number of hydrogen-bond acceptors (Lipinski definition) is 6. The van der Waals surface area contributed by atoms with Crippen LogP contribution in [0.15, 0.2) is 51.3 Å². The molecule has 0 bridgehead atoms. The molecule has 9 nitrogen and oxygen atoms in total. The maximum absolute atomic E-state index is 13.2. The molecule has 0 fully saturated rings. The molecule has 2 aromatic rings. The molecule has 27 heavy (non-hydrogen) atoms. The Balaban J connectivity index is 2.13. The summed E-state index contributed by atoms with van der Waals surface area (Å²) >= 11 is 0. The molecule has 9 heteroatoms. The second-order valence-corrected chi connectivity index (χ2v) is 6.81. The number of Topliss-reactive ketones (excluding diaryl/α,β-unsaturated/α-hetero) is 2. The van der Waals surface area contributed by atoms with Crippen molar-refractivity contribution < 1.29 is 19.4 Å². The Kier molecular flexibility index (Phi) is 3.30. The lowest BCUT2D eigenvalue weighted by molar-refractivity contribution is -0.201. The van der Waals surface area contributed by atoms with E-state index in [0.717, 1.165) is 13.9 Å². The van der Waals surface area contributed by atoms with Gasteiger partial charge in [0.15, 0.2) is 11.6 Å². The van der Waals surface area contributed by atoms with Crippen molar-refractivity contribution in [3.63, 3.8) is 0 Å². The van der Waals surface area contributed by atoms with Crippen LogP contribution >= 0.6 is 0 Å². The largest absolute Gasteiger partial charge is 0.463 e. The smallest absolute Gasteiger partial charge is 0.353 e. The Morgan fingerprint density at radius 3 is 2.37 bits per heavy atom. The van der Waals surface area contributed by atoms with Gasteiger partial charge in [0.25, 0.3) is 0 Å². The summed E-state index contributed by atoms with van der Waals surface area (Å²) in [6, 6.07) is 8.20. The third-order valence-corrected chi connectivity index (χ3v) is 5.14. The molecule has 140 valence electrons. The predicted molar refractivity (Wildman–Crippen MR) is 92.4 cm³/mol. The molecule has 1 N–H and O–H groups in total. The van der Waals surface area contributed by atoms with Gasteiger partial charge in [-0.2, -0.15) is 0 Å². The average Bonchev–Trinajstić information content (AvgIpc) is 3.10. The molecule has 1 aromatic carbocycles. The fraction of sp³-hybridized carbons (Fsp3) is 0.333. The molecular weight excluding hydrogens is 354 g/mol. The van der Waals surface area contributed by atoms with E-state index in [0.29, 0.717) is 5.69 Å². The number of ether oxygens (including phenoxy) is 1. The third-order valence-electron chi connectivity index (χ3n) is 5.14. The van der Waals surface area contributed by atoms with Gasteiger partial charge in [0, 0.05) is 6.92 Å². The van der Waals surface area contributed by atoms with Crippen LogP contribution in [-0.4, -0.2) is 36.4 Å². The van der Waals surface area contributed by atoms with Crippen LogP contribution < -0.4 is 11.4 Å². The minimum absolute atomic E-state index is 0.0427. The van der Waals surface area contributed by atoms with Crippen molar-refractivity contribution in [1.29, 1.82) is 0 Å². The monoisotopic (exact) mass is 371 g/mol. The first-order valence-electron chi connectivity index (χ1n) is 8.32. The van der Waals surface area contributed by atoms with Crippen LogP contribution in [0.4, 0.5) is 0 Å². The Morgan fingerprint density at radius 2 is 1.78 bits per heavy atom. The van der Waals surface area contributed by atoms with Gasteiger partial charge in [0.05, 0.1) is 11.3 Å². The number of rotatable bonds is 2. The summed E-state index contributed by atoms with van der Waals surface area (Å²) in [6.45, 7) is 3.40. The summed E-state index contributed by atoms with van der Waals surface area (Å²) in [5.41, 5.74) is -3.50. The van der Waals surface area contributed by atoms with Crippen molar-refractivity contribution in [3.8, 4) is 5.69 Å². The SMILES string of the molecule is CC(=O)C1=C(C)OC(C)(O)C12C(=O)Cn1c(=O)n(-c3ccccc3)c(=O)n12. The van der Waals surface area contributed by atoms with Crippen molar-refractivity contribution in [3.05, 3.63) is 62.6 Å². The summed E-state index contributed by atoms with van der Waals surface area (Å²) in [7, 11) is 0. The molecule has 2 aliphatic rings. The van der Waals surface area contributed by atoms with Crippen molar-refractivity contribution in [2.45, 2.75) is 38.6 Å². The average molecular weight is 371 g/mol. The molecule has 0 radical (unpaired) electrons. The van der Waals surface area contributed by atoms with Crippen LogP contribution in [0.1, 0.15) is 20.8 Å². The lowest BCUT2D eigenvalue weighted by atomic mass is 9.79. The molecular formula is C18H17N3O6. The molecule has 0 saturated heterocycles. The van der Waals surface area contributed by atoms with Crippen molar-refractivity contribution >= 4 is 11.6 Å². The number of ketones is 2. The Bertz CT molecular complexity index is 1150. The number of nitrogens with zero attached hydrogens (tertiary/aromatic N) is 3. The van der Waals surface area contributed by atoms with Gasteiger partial charge in [0.2, 0.25) is 11.3 Å². The zero-order valence-corrected chi connectivity index (χ0v) is 14.9. The van der Waals surface area contributed by atoms with E-state index < -0.39 is 40.8 Å². The standard InChI is InChI=1S/C18H17N3O6/c1-10(22)14-11(2)27-17(3,26)18(14)13(23)9-19-15(24)20(16(25)21(18)19)12-7-5-4-6-8-12/h4-8,26H,9H2,1-3H3. The van der Waals surface area contributed by atoms with Gasteiger partial charge in [0.1, 0.15) is 12.3 Å². The van der Waals surface area contributed by atoms with E-state index in [-0.39, 0.29) is 11.3 Å². The van der Waals surface area contributed by atoms with Gasteiger partial charge in [-0.1, -0.05) is 18.2 Å². The first kappa shape index (κ1) is 17.2. The zero-order valence-electron chi connectivity index (χ0n) is 14.9. The minimum Gasteiger partial charge on any atom is -0.463 e. The van der Waals surface area contributed by atoms with E-state index in [2.05, 4.69) is 0 Å². The van der Waals surface area contributed by atoms with E-state index in [1.54, 1.807) is 30.3 Å². The highest BCUT2D eigenvalue weighted by atomic mass is 16.6. The van der Waals surface area contributed by atoms with E-state index in [1.165, 1.54) is 20.8 Å². The van der Waals surface area contributed by atoms with Gasteiger partial charge < -0.3 is 9.84 Å². The second-order valence-electron chi connectivity index (χ2n) is 6.81. The number of aliphatic hydroxyl groups is 1. The normalized spacial score (nSPS) is 26.6. The first-order chi connectivity index (χ1) is 12.6. The summed E-state index contributed by atoms with van der Waals surface area (Å²) in [4.78, 5) is 51.4. The van der Waals surface area contributed by atoms with Gasteiger partial charge in [-0.05, 0) is 26.0 Å². The Hall–Kier alpha value is -3.20. The number of carbonyl (C=O) groups excluding carboxylic acids is 2. The Labute approximate surface area is 152 Å². The highest BCUT2D eigenvalue weighted by Gasteiger charge is 2.69. The van der Waals surface area contributed by atoms with Gasteiger partial charge in [-0.25, -0.2) is 23.5 Å². The summed E-state index contributed by atoms with van der Waals surface area (Å²) < 4.78 is 8.11. The van der Waals surface area contributed by atoms with Crippen molar-refractivity contribution in [2.24, 2.45) is 0 Å². The highest BCUT2D eigenvalue weighted by Crippen LogP contribution is 2.49. The third kappa shape index (κ3) is 1.86. The summed E-state index contributed by atoms with van der Waals surface area (Å²) in [5, 5.41) is 10.9. The lowest BCUT2D eigenvalue weighted by Crippen LogP contribution is -2.59. The fourth-order valence-corrected chi connectivity index (χ4v) is 4.22. The molecule has 1 spiro atoms. The summed E-state index contributed by atoms with van der Waals surface area (Å²) in [5.74, 6) is -3.35. The number of allylic oxidation sites excluding steroid dienone is 1. The highest BCUT2D eigenvalue weighted by molar-refractivity contribution is 6.07. The zero-order chi connectivity index (χ0) is 19.7. The van der Waals surface area contributed by atoms with E-state index in [4.69, 9.17) is 4.74 Å². The molecule has 2 atom stereocenters. The quantitative estimate of drug-likeness (QED) is 0.774. The molecule has 2 aliphatic heterocycles. The topological polar surface area (TPSA) is 113 Å². The van der Waals surface area contributed by atoms with Crippen molar-refractivity contribution in [1.82, 2.24) is 13.9 Å². The maximum atomic E-state index is 13.2. The molecule has 0 aliphatic carbocycles. The second kappa shape index (κ2) is 5.17. The first-order valence-corrected chi connectivity index (χ1v) is 8.32. The number of fused-ring (bicyclic) bond motifs is 2. The number of aromatic nitrogens is 3. The van der Waals surface area contributed by atoms with Crippen LogP contribution in [-0.2, 0) is 26.4 Å². The molecule has 4 rings (SSSR count). The maximum Gasteiger partial charge on any atom is 0.353 e. The number of benzene rings is 1. The van der Waals surface area contributed by atoms with Crippen LogP contribution in [0.2, 0.25) is 0 Å². The van der Waals surface area contributed by atoms with Gasteiger partial charge >= 0.3 is 11.4 Å². The van der Waals surface area contributed by atoms with E-state index in [1.807, 2.05) is 0 Å². The Morgan fingerprint density at radius 1 is 1.15 bits per heavy atom. The van der Waals surface area contributed by atoms with Crippen LogP contribution in [0.3, 0.4) is 0 Å². The van der Waals surface area contributed by atoms with Crippen molar-refractivity contribution in [2.75, 3.05) is 0 Å². The van der Waals surface area contributed by atoms with E-state index >= 15 is 0 Å². The lowest BCUT2D eigenvalue weighted by Gasteiger charge is -2.34. The predicted octanol–water partition coefficient (Wildman–Crippen LogP) is -0.320. The molecule has 2 unspecified atom stereocenters. The van der Waals surface area contributed by atoms with Gasteiger partial charge in [-0.15, -0.1) is 0 Å². The van der Waals surface area contributed by atoms with Crippen LogP contribution in [0, 0.1) is 0 Å². The van der Waals surface area contributed by atoms with E-state index in [9.17, 15) is 24.3 Å². The van der Waals surface area contributed by atoms with Crippen LogP contribution in [0.5, 0.6) is 0 Å². The fourth-order valence-electron chi connectivity index (χ4n) is 4.22. The number of carbonyl (C=O) groups is 2. The molecule has 3 heterocycles. The molecule has 1 aromatic heterocycles. The van der Waals surface area contributed by atoms with Crippen LogP contribution in [0.25, 0.3) is 5.69 Å². The number of hydrogen-bond donors (Lipinski definition) is 1. The summed E-state index contributed by atoms with van der Waals surface area (Å²) in [6.07, 6.45) is 0. The minimum atomic E-state index is -2.20.